The minimum Gasteiger partial charge on any atom is -0.296 e. The summed E-state index contributed by atoms with van der Waals surface area (Å²) in [5.74, 6) is 0.495. The van der Waals surface area contributed by atoms with E-state index in [1.54, 1.807) is 22.2 Å². The molecule has 0 aliphatic heterocycles. The summed E-state index contributed by atoms with van der Waals surface area (Å²) in [6, 6.07) is 9.98. The van der Waals surface area contributed by atoms with Gasteiger partial charge in [0.15, 0.2) is 10.8 Å². The lowest BCUT2D eigenvalue weighted by Crippen LogP contribution is -2.13. The van der Waals surface area contributed by atoms with Crippen LogP contribution in [0.25, 0.3) is 0 Å². The van der Waals surface area contributed by atoms with E-state index in [0.717, 1.165) is 30.0 Å². The van der Waals surface area contributed by atoms with Crippen LogP contribution in [0, 0.1) is 5.92 Å². The number of rotatable bonds is 6. The van der Waals surface area contributed by atoms with E-state index in [2.05, 4.69) is 27.5 Å². The molecule has 3 aromatic rings. The second kappa shape index (κ2) is 8.00. The van der Waals surface area contributed by atoms with Crippen molar-refractivity contribution in [1.29, 1.82) is 0 Å². The normalized spacial score (nSPS) is 16.1. The predicted molar refractivity (Wildman–Crippen MR) is 106 cm³/mol. The number of thiazole rings is 1. The van der Waals surface area contributed by atoms with Crippen LogP contribution in [-0.2, 0) is 19.4 Å². The molecule has 1 unspecified atom stereocenters. The molecule has 1 aromatic carbocycles. The lowest BCUT2D eigenvalue weighted by Gasteiger charge is -2.19. The molecule has 1 aliphatic carbocycles. The monoisotopic (exact) mass is 381 g/mol. The number of aryl methyl sites for hydroxylation is 1. The summed E-state index contributed by atoms with van der Waals surface area (Å²) in [5.41, 5.74) is 2.57. The van der Waals surface area contributed by atoms with Crippen molar-refractivity contribution in [2.75, 3.05) is 5.32 Å². The second-order valence-corrected chi connectivity index (χ2v) is 8.11. The van der Waals surface area contributed by atoms with Gasteiger partial charge in [-0.15, -0.1) is 16.4 Å². The van der Waals surface area contributed by atoms with Crippen LogP contribution in [-0.4, -0.2) is 25.9 Å². The lowest BCUT2D eigenvalue weighted by molar-refractivity contribution is 0.102. The van der Waals surface area contributed by atoms with Gasteiger partial charge in [0.25, 0.3) is 5.91 Å². The fourth-order valence-corrected chi connectivity index (χ4v) is 4.68. The van der Waals surface area contributed by atoms with Gasteiger partial charge >= 0.3 is 0 Å². The Morgan fingerprint density at radius 2 is 2.19 bits per heavy atom. The summed E-state index contributed by atoms with van der Waals surface area (Å²) in [7, 11) is 0. The Morgan fingerprint density at radius 3 is 3.00 bits per heavy atom. The zero-order valence-corrected chi connectivity index (χ0v) is 16.2. The van der Waals surface area contributed by atoms with Crippen molar-refractivity contribution in [1.82, 2.24) is 20.0 Å². The van der Waals surface area contributed by atoms with Crippen LogP contribution in [0.15, 0.2) is 36.5 Å². The van der Waals surface area contributed by atoms with Crippen molar-refractivity contribution in [2.24, 2.45) is 5.92 Å². The summed E-state index contributed by atoms with van der Waals surface area (Å²) in [6.07, 6.45) is 7.47. The van der Waals surface area contributed by atoms with Crippen LogP contribution < -0.4 is 5.32 Å². The number of carbonyl (C=O) groups excluding carboxylic acids is 1. The number of nitrogens with zero attached hydrogens (tertiary/aromatic N) is 4. The molecule has 0 spiro atoms. The largest absolute Gasteiger partial charge is 0.296 e. The van der Waals surface area contributed by atoms with E-state index in [1.165, 1.54) is 24.1 Å². The van der Waals surface area contributed by atoms with E-state index in [-0.39, 0.29) is 5.91 Å². The van der Waals surface area contributed by atoms with Crippen molar-refractivity contribution in [2.45, 2.75) is 45.6 Å². The van der Waals surface area contributed by atoms with Gasteiger partial charge in [-0.2, -0.15) is 0 Å². The van der Waals surface area contributed by atoms with Crippen LogP contribution in [0.2, 0.25) is 0 Å². The summed E-state index contributed by atoms with van der Waals surface area (Å²) < 4.78 is 1.67. The first-order valence-electron chi connectivity index (χ1n) is 9.45. The highest BCUT2D eigenvalue weighted by atomic mass is 32.1. The molecule has 0 bridgehead atoms. The molecule has 0 saturated heterocycles. The highest BCUT2D eigenvalue weighted by Gasteiger charge is 2.23. The summed E-state index contributed by atoms with van der Waals surface area (Å²) in [5, 5.41) is 11.6. The molecule has 1 aliphatic rings. The summed E-state index contributed by atoms with van der Waals surface area (Å²) >= 11 is 1.60. The van der Waals surface area contributed by atoms with E-state index in [1.807, 2.05) is 30.3 Å². The molecule has 7 heteroatoms. The first kappa shape index (κ1) is 17.9. The highest BCUT2D eigenvalue weighted by molar-refractivity contribution is 7.15. The molecule has 0 saturated carbocycles. The molecule has 140 valence electrons. The van der Waals surface area contributed by atoms with Crippen LogP contribution in [0.1, 0.15) is 52.8 Å². The molecule has 4 rings (SSSR count). The average molecular weight is 382 g/mol. The SMILES string of the molecule is CCCC1CCc2nc(NC(=O)c3cn(Cc4ccccc4)nn3)sc2C1. The van der Waals surface area contributed by atoms with E-state index >= 15 is 0 Å². The smallest absolute Gasteiger partial charge is 0.279 e. The molecule has 6 nitrogen and oxygen atoms in total. The van der Waals surface area contributed by atoms with Gasteiger partial charge < -0.3 is 0 Å². The molecule has 0 radical (unpaired) electrons. The Hall–Kier alpha value is -2.54. The maximum atomic E-state index is 12.5. The van der Waals surface area contributed by atoms with Gasteiger partial charge in [-0.3, -0.25) is 10.1 Å². The maximum Gasteiger partial charge on any atom is 0.279 e. The number of anilines is 1. The number of fused-ring (bicyclic) bond motifs is 1. The molecular formula is C20H23N5OS. The van der Waals surface area contributed by atoms with Crippen molar-refractivity contribution < 1.29 is 4.79 Å². The van der Waals surface area contributed by atoms with E-state index in [9.17, 15) is 4.79 Å². The molecule has 1 amide bonds. The number of carbonyl (C=O) groups is 1. The van der Waals surface area contributed by atoms with E-state index in [0.29, 0.717) is 17.4 Å². The lowest BCUT2D eigenvalue weighted by atomic mass is 9.88. The number of amides is 1. The number of hydrogen-bond acceptors (Lipinski definition) is 5. The quantitative estimate of drug-likeness (QED) is 0.702. The number of hydrogen-bond donors (Lipinski definition) is 1. The Kier molecular flexibility index (Phi) is 5.29. The second-order valence-electron chi connectivity index (χ2n) is 7.03. The Balaban J connectivity index is 1.40. The predicted octanol–water partition coefficient (Wildman–Crippen LogP) is 3.94. The Morgan fingerprint density at radius 1 is 1.33 bits per heavy atom. The third-order valence-electron chi connectivity index (χ3n) is 4.92. The fourth-order valence-electron chi connectivity index (χ4n) is 3.56. The minimum atomic E-state index is -0.259. The molecule has 1 N–H and O–H groups in total. The van der Waals surface area contributed by atoms with Gasteiger partial charge in [-0.1, -0.05) is 55.3 Å². The molecule has 2 heterocycles. The number of aromatic nitrogens is 4. The minimum absolute atomic E-state index is 0.259. The van der Waals surface area contributed by atoms with Crippen LogP contribution in [0.3, 0.4) is 0 Å². The maximum absolute atomic E-state index is 12.5. The van der Waals surface area contributed by atoms with Gasteiger partial charge in [0, 0.05) is 4.88 Å². The van der Waals surface area contributed by atoms with Gasteiger partial charge in [0.1, 0.15) is 0 Å². The van der Waals surface area contributed by atoms with Gasteiger partial charge in [-0.25, -0.2) is 9.67 Å². The summed E-state index contributed by atoms with van der Waals surface area (Å²) in [6.45, 7) is 2.82. The number of nitrogens with one attached hydrogen (secondary N) is 1. The van der Waals surface area contributed by atoms with Crippen LogP contribution in [0.4, 0.5) is 5.13 Å². The van der Waals surface area contributed by atoms with Crippen molar-refractivity contribution in [3.8, 4) is 0 Å². The van der Waals surface area contributed by atoms with Crippen LogP contribution in [0.5, 0.6) is 0 Å². The van der Waals surface area contributed by atoms with Crippen molar-refractivity contribution >= 4 is 22.4 Å². The Labute approximate surface area is 162 Å². The van der Waals surface area contributed by atoms with Gasteiger partial charge in [0.05, 0.1) is 18.4 Å². The standard InChI is InChI=1S/C20H23N5OS/c1-2-6-14-9-10-16-18(11-14)27-20(21-16)22-19(26)17-13-25(24-23-17)12-15-7-4-3-5-8-15/h3-5,7-8,13-14H,2,6,9-12H2,1H3,(H,21,22,26). The fraction of sp³-hybridized carbons (Fsp3) is 0.400. The topological polar surface area (TPSA) is 72.7 Å². The molecule has 1 atom stereocenters. The molecule has 27 heavy (non-hydrogen) atoms. The van der Waals surface area contributed by atoms with Gasteiger partial charge in [0.2, 0.25) is 0 Å². The first-order valence-corrected chi connectivity index (χ1v) is 10.3. The molecule has 0 fully saturated rings. The number of benzene rings is 1. The van der Waals surface area contributed by atoms with E-state index in [4.69, 9.17) is 0 Å². The zero-order chi connectivity index (χ0) is 18.6. The third kappa shape index (κ3) is 4.24. The average Bonchev–Trinajstić information content (AvgIpc) is 3.29. The van der Waals surface area contributed by atoms with E-state index < -0.39 is 0 Å². The van der Waals surface area contributed by atoms with Crippen molar-refractivity contribution in [3.63, 3.8) is 0 Å². The third-order valence-corrected chi connectivity index (χ3v) is 5.95. The highest BCUT2D eigenvalue weighted by Crippen LogP contribution is 2.34. The molecular weight excluding hydrogens is 358 g/mol. The van der Waals surface area contributed by atoms with Crippen molar-refractivity contribution in [3.05, 3.63) is 58.4 Å². The van der Waals surface area contributed by atoms with Crippen LogP contribution >= 0.6 is 11.3 Å². The zero-order valence-electron chi connectivity index (χ0n) is 15.4. The first-order chi connectivity index (χ1) is 13.2. The summed E-state index contributed by atoms with van der Waals surface area (Å²) in [4.78, 5) is 18.4. The Bertz CT molecular complexity index is 918. The van der Waals surface area contributed by atoms with Gasteiger partial charge in [-0.05, 0) is 30.7 Å². The molecule has 2 aromatic heterocycles.